The number of rotatable bonds is 0. The quantitative estimate of drug-likeness (QED) is 0.493. The molecule has 56 valence electrons. The smallest absolute Gasteiger partial charge is 0.315 e. The highest BCUT2D eigenvalue weighted by molar-refractivity contribution is 8.00. The van der Waals surface area contributed by atoms with Gasteiger partial charge in [0, 0.05) is 11.0 Å². The van der Waals surface area contributed by atoms with Crippen LogP contribution in [0.15, 0.2) is 0 Å². The van der Waals surface area contributed by atoms with Crippen molar-refractivity contribution in [2.45, 2.75) is 24.3 Å². The summed E-state index contributed by atoms with van der Waals surface area (Å²) in [5.41, 5.74) is 0. The van der Waals surface area contributed by atoms with Gasteiger partial charge < -0.3 is 10.6 Å². The summed E-state index contributed by atoms with van der Waals surface area (Å²) in [6, 6.07) is 0.757. The topological polar surface area (TPSA) is 41.1 Å². The molecule has 2 rings (SSSR count). The fourth-order valence-corrected chi connectivity index (χ4v) is 2.77. The van der Waals surface area contributed by atoms with E-state index in [-0.39, 0.29) is 6.03 Å². The highest BCUT2D eigenvalue weighted by Gasteiger charge is 2.40. The van der Waals surface area contributed by atoms with Crippen LogP contribution in [0.3, 0.4) is 0 Å². The largest absolute Gasteiger partial charge is 0.332 e. The Bertz CT molecular complexity index is 173. The van der Waals surface area contributed by atoms with Gasteiger partial charge in [0.15, 0.2) is 0 Å². The van der Waals surface area contributed by atoms with Crippen molar-refractivity contribution in [2.24, 2.45) is 0 Å². The first kappa shape index (κ1) is 6.34. The van der Waals surface area contributed by atoms with Crippen LogP contribution in [0.5, 0.6) is 0 Å². The predicted octanol–water partition coefficient (Wildman–Crippen LogP) is 0.172. The van der Waals surface area contributed by atoms with Gasteiger partial charge in [-0.25, -0.2) is 4.79 Å². The molecule has 0 bridgehead atoms. The Morgan fingerprint density at radius 1 is 1.60 bits per heavy atom. The number of nitrogens with one attached hydrogen (secondary N) is 2. The van der Waals surface area contributed by atoms with E-state index in [0.717, 1.165) is 5.75 Å². The van der Waals surface area contributed by atoms with E-state index in [1.165, 1.54) is 0 Å². The maximum atomic E-state index is 10.8. The summed E-state index contributed by atoms with van der Waals surface area (Å²) in [4.78, 5) is 10.8. The molecule has 2 aliphatic rings. The Morgan fingerprint density at radius 3 is 3.10 bits per heavy atom. The summed E-state index contributed by atoms with van der Waals surface area (Å²) < 4.78 is 0. The van der Waals surface area contributed by atoms with E-state index >= 15 is 0 Å². The van der Waals surface area contributed by atoms with E-state index in [1.807, 2.05) is 11.8 Å². The molecule has 2 heterocycles. The highest BCUT2D eigenvalue weighted by Crippen LogP contribution is 2.28. The van der Waals surface area contributed by atoms with Crippen molar-refractivity contribution < 1.29 is 4.79 Å². The van der Waals surface area contributed by atoms with Gasteiger partial charge in [-0.1, -0.05) is 6.92 Å². The summed E-state index contributed by atoms with van der Waals surface area (Å²) in [5.74, 6) is 1.06. The maximum Gasteiger partial charge on any atom is 0.315 e. The Morgan fingerprint density at radius 2 is 2.40 bits per heavy atom. The average molecular weight is 158 g/mol. The second kappa shape index (κ2) is 2.05. The van der Waals surface area contributed by atoms with Gasteiger partial charge in [-0.2, -0.15) is 11.8 Å². The molecule has 0 aromatic carbocycles. The number of hydrogen-bond donors (Lipinski definition) is 2. The van der Waals surface area contributed by atoms with Crippen molar-refractivity contribution in [3.8, 4) is 0 Å². The SMILES string of the molecule is C[C@H]1SC[C@H]2NC(=O)N[C@H]21. The number of carbonyl (C=O) groups is 1. The van der Waals surface area contributed by atoms with Crippen molar-refractivity contribution >= 4 is 17.8 Å². The van der Waals surface area contributed by atoms with E-state index in [2.05, 4.69) is 17.6 Å². The van der Waals surface area contributed by atoms with E-state index in [1.54, 1.807) is 0 Å². The first-order chi connectivity index (χ1) is 4.77. The molecule has 2 fully saturated rings. The molecular formula is C6H10N2OS. The molecule has 0 aromatic heterocycles. The van der Waals surface area contributed by atoms with Gasteiger partial charge >= 0.3 is 6.03 Å². The van der Waals surface area contributed by atoms with E-state index in [4.69, 9.17) is 0 Å². The lowest BCUT2D eigenvalue weighted by molar-refractivity contribution is 0.247. The van der Waals surface area contributed by atoms with Crippen LogP contribution in [0, 0.1) is 0 Å². The monoisotopic (exact) mass is 158 g/mol. The Balaban J connectivity index is 2.12. The van der Waals surface area contributed by atoms with E-state index in [0.29, 0.717) is 17.3 Å². The van der Waals surface area contributed by atoms with Crippen LogP contribution in [0.1, 0.15) is 6.92 Å². The number of fused-ring (bicyclic) bond motifs is 1. The van der Waals surface area contributed by atoms with Gasteiger partial charge in [0.1, 0.15) is 0 Å². The van der Waals surface area contributed by atoms with Crippen molar-refractivity contribution in [3.05, 3.63) is 0 Å². The minimum atomic E-state index is 0.00199. The number of amides is 2. The zero-order chi connectivity index (χ0) is 7.14. The summed E-state index contributed by atoms with van der Waals surface area (Å²) in [6.07, 6.45) is 0. The van der Waals surface area contributed by atoms with Gasteiger partial charge in [0.2, 0.25) is 0 Å². The lowest BCUT2D eigenvalue weighted by Crippen LogP contribution is -2.35. The van der Waals surface area contributed by atoms with Crippen molar-refractivity contribution in [2.75, 3.05) is 5.75 Å². The van der Waals surface area contributed by atoms with E-state index in [9.17, 15) is 4.79 Å². The van der Waals surface area contributed by atoms with Crippen molar-refractivity contribution in [1.29, 1.82) is 0 Å². The summed E-state index contributed by atoms with van der Waals surface area (Å²) in [7, 11) is 0. The van der Waals surface area contributed by atoms with Crippen LogP contribution in [0.4, 0.5) is 4.79 Å². The fraction of sp³-hybridized carbons (Fsp3) is 0.833. The highest BCUT2D eigenvalue weighted by atomic mass is 32.2. The third-order valence-electron chi connectivity index (χ3n) is 2.09. The first-order valence-corrected chi connectivity index (χ1v) is 4.51. The average Bonchev–Trinajstić information content (AvgIpc) is 2.35. The third-order valence-corrected chi connectivity index (χ3v) is 3.46. The van der Waals surface area contributed by atoms with Crippen molar-refractivity contribution in [1.82, 2.24) is 10.6 Å². The lowest BCUT2D eigenvalue weighted by atomic mass is 10.1. The van der Waals surface area contributed by atoms with Crippen LogP contribution < -0.4 is 10.6 Å². The molecule has 0 saturated carbocycles. The first-order valence-electron chi connectivity index (χ1n) is 3.46. The molecule has 3 atom stereocenters. The molecule has 10 heavy (non-hydrogen) atoms. The number of carbonyl (C=O) groups excluding carboxylic acids is 1. The Labute approximate surface area is 63.9 Å². The third kappa shape index (κ3) is 0.785. The Hall–Kier alpha value is -0.380. The standard InChI is InChI=1S/C6H10N2OS/c1-3-5-4(2-10-3)7-6(9)8-5/h3-5H,2H2,1H3,(H2,7,8,9)/t3-,4-,5+/m1/s1. The normalized spacial score (nSPS) is 44.5. The summed E-state index contributed by atoms with van der Waals surface area (Å²) in [6.45, 7) is 2.16. The van der Waals surface area contributed by atoms with Crippen LogP contribution >= 0.6 is 11.8 Å². The van der Waals surface area contributed by atoms with Gasteiger partial charge in [0.05, 0.1) is 12.1 Å². The zero-order valence-corrected chi connectivity index (χ0v) is 6.57. The minimum Gasteiger partial charge on any atom is -0.332 e. The summed E-state index contributed by atoms with van der Waals surface area (Å²) >= 11 is 1.91. The maximum absolute atomic E-state index is 10.8. The predicted molar refractivity (Wildman–Crippen MR) is 41.2 cm³/mol. The minimum absolute atomic E-state index is 0.00199. The zero-order valence-electron chi connectivity index (χ0n) is 5.76. The van der Waals surface area contributed by atoms with Gasteiger partial charge in [0.25, 0.3) is 0 Å². The molecular weight excluding hydrogens is 148 g/mol. The van der Waals surface area contributed by atoms with Crippen LogP contribution in [-0.4, -0.2) is 29.1 Å². The molecule has 4 heteroatoms. The molecule has 0 aliphatic carbocycles. The van der Waals surface area contributed by atoms with Crippen LogP contribution in [-0.2, 0) is 0 Å². The van der Waals surface area contributed by atoms with Gasteiger partial charge in [-0.15, -0.1) is 0 Å². The molecule has 0 unspecified atom stereocenters. The van der Waals surface area contributed by atoms with Crippen LogP contribution in [0.2, 0.25) is 0 Å². The number of urea groups is 1. The molecule has 2 saturated heterocycles. The van der Waals surface area contributed by atoms with Crippen molar-refractivity contribution in [3.63, 3.8) is 0 Å². The molecule has 2 amide bonds. The number of hydrogen-bond acceptors (Lipinski definition) is 2. The molecule has 0 spiro atoms. The fourth-order valence-electron chi connectivity index (χ4n) is 1.50. The molecule has 3 nitrogen and oxygen atoms in total. The lowest BCUT2D eigenvalue weighted by Gasteiger charge is -2.09. The Kier molecular flexibility index (Phi) is 1.30. The summed E-state index contributed by atoms with van der Waals surface area (Å²) in [5, 5.41) is 6.34. The molecule has 2 aliphatic heterocycles. The van der Waals surface area contributed by atoms with Gasteiger partial charge in [-0.05, 0) is 0 Å². The second-order valence-electron chi connectivity index (χ2n) is 2.79. The second-order valence-corrected chi connectivity index (χ2v) is 4.20. The molecule has 0 radical (unpaired) electrons. The van der Waals surface area contributed by atoms with E-state index < -0.39 is 0 Å². The number of thioether (sulfide) groups is 1. The van der Waals surface area contributed by atoms with Crippen LogP contribution in [0.25, 0.3) is 0 Å². The molecule has 2 N–H and O–H groups in total. The van der Waals surface area contributed by atoms with Gasteiger partial charge in [-0.3, -0.25) is 0 Å². The molecule has 0 aromatic rings.